The Morgan fingerprint density at radius 1 is 1.23 bits per heavy atom. The molecule has 4 nitrogen and oxygen atoms in total. The number of rotatable bonds is 6. The van der Waals surface area contributed by atoms with Gasteiger partial charge in [0.25, 0.3) is 5.91 Å². The van der Waals surface area contributed by atoms with Gasteiger partial charge in [-0.05, 0) is 38.5 Å². The van der Waals surface area contributed by atoms with Crippen LogP contribution in [-0.4, -0.2) is 28.0 Å². The number of aromatic nitrogens is 1. The minimum absolute atomic E-state index is 0.0799. The Morgan fingerprint density at radius 2 is 1.91 bits per heavy atom. The van der Waals surface area contributed by atoms with Gasteiger partial charge in [-0.1, -0.05) is 38.3 Å². The van der Waals surface area contributed by atoms with Crippen LogP contribution in [0, 0.1) is 0 Å². The first kappa shape index (κ1) is 15.6. The highest BCUT2D eigenvalue weighted by atomic mass is 16.5. The van der Waals surface area contributed by atoms with Crippen molar-refractivity contribution in [1.82, 2.24) is 10.1 Å². The molecule has 122 valence electrons. The molecule has 1 heterocycles. The van der Waals surface area contributed by atoms with Gasteiger partial charge in [0.2, 0.25) is 0 Å². The molecule has 0 radical (unpaired) electrons. The third-order valence-corrected chi connectivity index (χ3v) is 5.27. The highest BCUT2D eigenvalue weighted by Crippen LogP contribution is 2.40. The summed E-state index contributed by atoms with van der Waals surface area (Å²) in [5.41, 5.74) is 0.513. The predicted octanol–water partition coefficient (Wildman–Crippen LogP) is 4.52. The summed E-state index contributed by atoms with van der Waals surface area (Å²) in [7, 11) is 0. The van der Waals surface area contributed by atoms with Gasteiger partial charge in [0, 0.05) is 24.1 Å². The Balaban J connectivity index is 1.80. The fourth-order valence-corrected chi connectivity index (χ4v) is 3.75. The van der Waals surface area contributed by atoms with Crippen LogP contribution in [0.1, 0.15) is 93.8 Å². The molecule has 0 N–H and O–H groups in total. The van der Waals surface area contributed by atoms with Gasteiger partial charge in [-0.15, -0.1) is 0 Å². The lowest BCUT2D eigenvalue weighted by Gasteiger charge is -2.39. The van der Waals surface area contributed by atoms with E-state index in [1.165, 1.54) is 32.1 Å². The zero-order valence-electron chi connectivity index (χ0n) is 13.9. The molecule has 2 fully saturated rings. The molecule has 1 aromatic rings. The van der Waals surface area contributed by atoms with Crippen LogP contribution in [-0.2, 0) is 0 Å². The quantitative estimate of drug-likeness (QED) is 0.776. The maximum Gasteiger partial charge on any atom is 0.276 e. The van der Waals surface area contributed by atoms with Gasteiger partial charge in [-0.2, -0.15) is 0 Å². The number of hydrogen-bond acceptors (Lipinski definition) is 3. The molecule has 0 saturated heterocycles. The van der Waals surface area contributed by atoms with Crippen molar-refractivity contribution >= 4 is 5.91 Å². The van der Waals surface area contributed by atoms with Crippen molar-refractivity contribution in [2.75, 3.05) is 0 Å². The highest BCUT2D eigenvalue weighted by molar-refractivity contribution is 5.92. The molecule has 1 aromatic heterocycles. The number of carbonyl (C=O) groups excluding carboxylic acids is 1. The van der Waals surface area contributed by atoms with E-state index in [1.807, 2.05) is 6.07 Å². The fraction of sp³-hybridized carbons (Fsp3) is 0.778. The first-order valence-electron chi connectivity index (χ1n) is 9.03. The molecular weight excluding hydrogens is 276 g/mol. The summed E-state index contributed by atoms with van der Waals surface area (Å²) in [6, 6.07) is 2.59. The van der Waals surface area contributed by atoms with Gasteiger partial charge in [0.1, 0.15) is 5.76 Å². The molecular formula is C18H28N2O2. The summed E-state index contributed by atoms with van der Waals surface area (Å²) in [5, 5.41) is 4.08. The summed E-state index contributed by atoms with van der Waals surface area (Å²) in [4.78, 5) is 15.2. The van der Waals surface area contributed by atoms with Crippen molar-refractivity contribution < 1.29 is 9.32 Å². The standard InChI is InChI=1S/C18H28N2O2/c1-3-14(4-2)20(15-8-6-5-7-9-15)18(21)16-12-17(22-19-16)13-10-11-13/h12-15H,3-11H2,1-2H3. The minimum Gasteiger partial charge on any atom is -0.360 e. The molecule has 2 aliphatic rings. The molecule has 0 aromatic carbocycles. The Bertz CT molecular complexity index is 497. The van der Waals surface area contributed by atoms with Crippen LogP contribution in [0.2, 0.25) is 0 Å². The third-order valence-electron chi connectivity index (χ3n) is 5.27. The van der Waals surface area contributed by atoms with Crippen molar-refractivity contribution in [2.45, 2.75) is 89.6 Å². The van der Waals surface area contributed by atoms with Crippen LogP contribution >= 0.6 is 0 Å². The zero-order valence-corrected chi connectivity index (χ0v) is 13.9. The molecule has 0 aliphatic heterocycles. The Hall–Kier alpha value is -1.32. The van der Waals surface area contributed by atoms with Crippen LogP contribution in [0.5, 0.6) is 0 Å². The maximum atomic E-state index is 13.1. The van der Waals surface area contributed by atoms with E-state index >= 15 is 0 Å². The SMILES string of the molecule is CCC(CC)N(C(=O)c1cc(C2CC2)on1)C1CCCCC1. The second-order valence-electron chi connectivity index (χ2n) is 6.86. The van der Waals surface area contributed by atoms with Gasteiger partial charge < -0.3 is 9.42 Å². The predicted molar refractivity (Wildman–Crippen MR) is 85.9 cm³/mol. The molecule has 1 amide bonds. The van der Waals surface area contributed by atoms with E-state index in [1.54, 1.807) is 0 Å². The Labute approximate surface area is 133 Å². The second-order valence-corrected chi connectivity index (χ2v) is 6.86. The number of nitrogens with zero attached hydrogens (tertiary/aromatic N) is 2. The number of carbonyl (C=O) groups is 1. The second kappa shape index (κ2) is 6.84. The summed E-state index contributed by atoms with van der Waals surface area (Å²) in [5.74, 6) is 1.48. The number of amides is 1. The lowest BCUT2D eigenvalue weighted by atomic mass is 9.92. The number of hydrogen-bond donors (Lipinski definition) is 0. The van der Waals surface area contributed by atoms with E-state index in [0.717, 1.165) is 31.4 Å². The topological polar surface area (TPSA) is 46.3 Å². The maximum absolute atomic E-state index is 13.1. The van der Waals surface area contributed by atoms with Gasteiger partial charge in [0.15, 0.2) is 5.69 Å². The lowest BCUT2D eigenvalue weighted by molar-refractivity contribution is 0.0486. The molecule has 0 unspecified atom stereocenters. The minimum atomic E-state index is 0.0799. The molecule has 4 heteroatoms. The van der Waals surface area contributed by atoms with Crippen LogP contribution in [0.3, 0.4) is 0 Å². The summed E-state index contributed by atoms with van der Waals surface area (Å²) >= 11 is 0. The molecule has 2 aliphatic carbocycles. The van der Waals surface area contributed by atoms with E-state index < -0.39 is 0 Å². The largest absolute Gasteiger partial charge is 0.360 e. The van der Waals surface area contributed by atoms with Crippen molar-refractivity contribution in [3.63, 3.8) is 0 Å². The smallest absolute Gasteiger partial charge is 0.276 e. The first-order valence-corrected chi connectivity index (χ1v) is 9.03. The van der Waals surface area contributed by atoms with Crippen molar-refractivity contribution in [2.24, 2.45) is 0 Å². The Kier molecular flexibility index (Phi) is 4.84. The molecule has 22 heavy (non-hydrogen) atoms. The molecule has 0 bridgehead atoms. The summed E-state index contributed by atoms with van der Waals surface area (Å²) < 4.78 is 5.40. The lowest BCUT2D eigenvalue weighted by Crippen LogP contribution is -2.47. The van der Waals surface area contributed by atoms with Crippen molar-refractivity contribution in [1.29, 1.82) is 0 Å². The Morgan fingerprint density at radius 3 is 2.50 bits per heavy atom. The monoisotopic (exact) mass is 304 g/mol. The van der Waals surface area contributed by atoms with Gasteiger partial charge in [0.05, 0.1) is 0 Å². The average Bonchev–Trinajstić information content (AvgIpc) is 3.30. The highest BCUT2D eigenvalue weighted by Gasteiger charge is 2.34. The third kappa shape index (κ3) is 3.21. The van der Waals surface area contributed by atoms with Crippen LogP contribution in [0.15, 0.2) is 10.6 Å². The van der Waals surface area contributed by atoms with E-state index in [0.29, 0.717) is 23.7 Å². The summed E-state index contributed by atoms with van der Waals surface area (Å²) in [6.07, 6.45) is 10.4. The van der Waals surface area contributed by atoms with E-state index in [2.05, 4.69) is 23.9 Å². The summed E-state index contributed by atoms with van der Waals surface area (Å²) in [6.45, 7) is 4.35. The van der Waals surface area contributed by atoms with Crippen LogP contribution in [0.4, 0.5) is 0 Å². The normalized spacial score (nSPS) is 19.6. The van der Waals surface area contributed by atoms with Crippen LogP contribution < -0.4 is 0 Å². The van der Waals surface area contributed by atoms with Gasteiger partial charge in [-0.3, -0.25) is 4.79 Å². The zero-order chi connectivity index (χ0) is 15.5. The van der Waals surface area contributed by atoms with E-state index in [9.17, 15) is 4.79 Å². The van der Waals surface area contributed by atoms with Gasteiger partial charge >= 0.3 is 0 Å². The van der Waals surface area contributed by atoms with E-state index in [4.69, 9.17) is 4.52 Å². The fourth-order valence-electron chi connectivity index (χ4n) is 3.75. The van der Waals surface area contributed by atoms with Crippen molar-refractivity contribution in [3.05, 3.63) is 17.5 Å². The molecule has 3 rings (SSSR count). The molecule has 2 saturated carbocycles. The van der Waals surface area contributed by atoms with Crippen LogP contribution in [0.25, 0.3) is 0 Å². The first-order chi connectivity index (χ1) is 10.7. The average molecular weight is 304 g/mol. The van der Waals surface area contributed by atoms with Gasteiger partial charge in [-0.25, -0.2) is 0 Å². The molecule has 0 atom stereocenters. The molecule has 0 spiro atoms. The van der Waals surface area contributed by atoms with E-state index in [-0.39, 0.29) is 5.91 Å². The van der Waals surface area contributed by atoms with Crippen molar-refractivity contribution in [3.8, 4) is 0 Å².